The number of nitrogens with zero attached hydrogens (tertiary/aromatic N) is 2. The third-order valence-electron chi connectivity index (χ3n) is 5.96. The fraction of sp³-hybridized carbons (Fsp3) is 0.409. The van der Waals surface area contributed by atoms with Crippen LogP contribution in [0.1, 0.15) is 42.9 Å². The first-order valence-electron chi connectivity index (χ1n) is 10.0. The molecular weight excluding hydrogens is 429 g/mol. The molecule has 7 heteroatoms. The molecule has 0 spiro atoms. The zero-order valence-electron chi connectivity index (χ0n) is 16.1. The Balaban J connectivity index is 1.78. The second-order valence-electron chi connectivity index (χ2n) is 8.17. The molecule has 2 aromatic carbocycles. The molecule has 2 heterocycles. The van der Waals surface area contributed by atoms with Gasteiger partial charge in [0.2, 0.25) is 5.95 Å². The average molecular weight is 451 g/mol. The van der Waals surface area contributed by atoms with Crippen molar-refractivity contribution in [3.05, 3.63) is 44.4 Å². The van der Waals surface area contributed by atoms with Gasteiger partial charge in [0, 0.05) is 34.8 Å². The highest BCUT2D eigenvalue weighted by molar-refractivity contribution is 6.40. The van der Waals surface area contributed by atoms with E-state index < -0.39 is 6.10 Å². The zero-order chi connectivity index (χ0) is 20.3. The smallest absolute Gasteiger partial charge is 0.203 e. The van der Waals surface area contributed by atoms with Crippen LogP contribution in [-0.4, -0.2) is 21.2 Å². The predicted molar refractivity (Wildman–Crippen MR) is 120 cm³/mol. The molecule has 1 aliphatic heterocycles. The van der Waals surface area contributed by atoms with E-state index in [9.17, 15) is 5.11 Å². The summed E-state index contributed by atoms with van der Waals surface area (Å²) in [6, 6.07) is 5.61. The third-order valence-corrected chi connectivity index (χ3v) is 6.86. The molecule has 4 nitrogen and oxygen atoms in total. The van der Waals surface area contributed by atoms with Crippen molar-refractivity contribution in [2.24, 2.45) is 5.92 Å². The molecule has 3 aromatic rings. The monoisotopic (exact) mass is 449 g/mol. The third kappa shape index (κ3) is 3.40. The van der Waals surface area contributed by atoms with Crippen molar-refractivity contribution >= 4 is 51.8 Å². The molecule has 1 aliphatic carbocycles. The normalized spacial score (nSPS) is 17.3. The molecule has 0 amide bonds. The van der Waals surface area contributed by atoms with Crippen molar-refractivity contribution in [3.63, 3.8) is 0 Å². The van der Waals surface area contributed by atoms with E-state index in [-0.39, 0.29) is 0 Å². The minimum Gasteiger partial charge on any atom is -0.388 e. The number of hydrogen-bond donors (Lipinski definition) is 2. The van der Waals surface area contributed by atoms with E-state index in [1.165, 1.54) is 12.8 Å². The number of aromatic nitrogens is 2. The van der Waals surface area contributed by atoms with E-state index in [4.69, 9.17) is 39.8 Å². The van der Waals surface area contributed by atoms with Crippen LogP contribution in [0.2, 0.25) is 15.1 Å². The van der Waals surface area contributed by atoms with Crippen molar-refractivity contribution in [3.8, 4) is 11.1 Å². The average Bonchev–Trinajstić information content (AvgIpc) is 3.39. The number of anilines is 1. The predicted octanol–water partition coefficient (Wildman–Crippen LogP) is 6.62. The van der Waals surface area contributed by atoms with Gasteiger partial charge in [-0.15, -0.1) is 0 Å². The van der Waals surface area contributed by atoms with Gasteiger partial charge in [0.05, 0.1) is 21.7 Å². The van der Waals surface area contributed by atoms with Gasteiger partial charge in [0.1, 0.15) is 5.52 Å². The molecule has 29 heavy (non-hydrogen) atoms. The summed E-state index contributed by atoms with van der Waals surface area (Å²) >= 11 is 19.7. The van der Waals surface area contributed by atoms with Crippen LogP contribution in [0.25, 0.3) is 22.2 Å². The molecule has 2 N–H and O–H groups in total. The maximum absolute atomic E-state index is 11.1. The van der Waals surface area contributed by atoms with Crippen molar-refractivity contribution in [2.45, 2.75) is 45.3 Å². The number of aliphatic hydroxyl groups excluding tert-OH is 1. The summed E-state index contributed by atoms with van der Waals surface area (Å²) < 4.78 is 2.15. The Morgan fingerprint density at radius 3 is 2.76 bits per heavy atom. The van der Waals surface area contributed by atoms with E-state index in [1.807, 2.05) is 19.1 Å². The highest BCUT2D eigenvalue weighted by Gasteiger charge is 2.30. The van der Waals surface area contributed by atoms with Gasteiger partial charge in [-0.1, -0.05) is 47.6 Å². The fourth-order valence-electron chi connectivity index (χ4n) is 4.38. The lowest BCUT2D eigenvalue weighted by Crippen LogP contribution is -2.17. The molecule has 0 radical (unpaired) electrons. The number of aryl methyl sites for hydroxylation is 2. The van der Waals surface area contributed by atoms with Gasteiger partial charge < -0.3 is 15.0 Å². The Labute approximate surface area is 184 Å². The van der Waals surface area contributed by atoms with Crippen LogP contribution in [0.5, 0.6) is 0 Å². The molecule has 1 fully saturated rings. The van der Waals surface area contributed by atoms with Crippen molar-refractivity contribution in [2.75, 3.05) is 11.9 Å². The Hall–Kier alpha value is -1.46. The maximum Gasteiger partial charge on any atom is 0.203 e. The number of aliphatic hydroxyl groups is 1. The minimum atomic E-state index is -0.560. The summed E-state index contributed by atoms with van der Waals surface area (Å²) in [5.74, 6) is 1.41. The van der Waals surface area contributed by atoms with Crippen molar-refractivity contribution < 1.29 is 5.11 Å². The number of hydrogen-bond acceptors (Lipinski definition) is 3. The van der Waals surface area contributed by atoms with E-state index in [1.54, 1.807) is 6.07 Å². The van der Waals surface area contributed by atoms with Gasteiger partial charge in [-0.05, 0) is 49.4 Å². The first-order chi connectivity index (χ1) is 13.9. The summed E-state index contributed by atoms with van der Waals surface area (Å²) in [6.45, 7) is 3.71. The van der Waals surface area contributed by atoms with Gasteiger partial charge in [0.15, 0.2) is 0 Å². The lowest BCUT2D eigenvalue weighted by molar-refractivity contribution is 0.161. The van der Waals surface area contributed by atoms with Gasteiger partial charge in [-0.25, -0.2) is 4.98 Å². The topological polar surface area (TPSA) is 50.1 Å². The van der Waals surface area contributed by atoms with Crippen LogP contribution in [0.3, 0.4) is 0 Å². The molecule has 1 unspecified atom stereocenters. The fourth-order valence-corrected chi connectivity index (χ4v) is 5.36. The number of benzene rings is 2. The molecule has 0 bridgehead atoms. The van der Waals surface area contributed by atoms with Crippen LogP contribution in [0.15, 0.2) is 18.2 Å². The molecule has 5 rings (SSSR count). The summed E-state index contributed by atoms with van der Waals surface area (Å²) in [7, 11) is 0. The summed E-state index contributed by atoms with van der Waals surface area (Å²) in [5.41, 5.74) is 5.08. The molecular formula is C22H22Cl3N3O. The van der Waals surface area contributed by atoms with E-state index in [0.717, 1.165) is 59.7 Å². The van der Waals surface area contributed by atoms with Crippen molar-refractivity contribution in [1.82, 2.24) is 9.55 Å². The molecule has 152 valence electrons. The summed E-state index contributed by atoms with van der Waals surface area (Å²) in [4.78, 5) is 4.79. The van der Waals surface area contributed by atoms with E-state index >= 15 is 0 Å². The van der Waals surface area contributed by atoms with Gasteiger partial charge in [-0.3, -0.25) is 0 Å². The summed E-state index contributed by atoms with van der Waals surface area (Å²) in [6.07, 6.45) is 3.59. The Morgan fingerprint density at radius 2 is 2.03 bits per heavy atom. The number of nitrogens with one attached hydrogen (secondary N) is 1. The van der Waals surface area contributed by atoms with Crippen molar-refractivity contribution in [1.29, 1.82) is 0 Å². The maximum atomic E-state index is 11.1. The van der Waals surface area contributed by atoms with Crippen LogP contribution in [0, 0.1) is 12.8 Å². The molecule has 2 aliphatic rings. The van der Waals surface area contributed by atoms with Gasteiger partial charge in [-0.2, -0.15) is 0 Å². The number of imidazole rings is 1. The number of fused-ring (bicyclic) bond motifs is 3. The zero-order valence-corrected chi connectivity index (χ0v) is 18.4. The number of halogens is 3. The second kappa shape index (κ2) is 7.35. The quantitative estimate of drug-likeness (QED) is 0.469. The molecule has 0 saturated heterocycles. The van der Waals surface area contributed by atoms with Gasteiger partial charge >= 0.3 is 0 Å². The summed E-state index contributed by atoms with van der Waals surface area (Å²) in [5, 5.41) is 16.2. The van der Waals surface area contributed by atoms with Gasteiger partial charge in [0.25, 0.3) is 0 Å². The Kier molecular flexibility index (Phi) is 4.94. The Morgan fingerprint density at radius 1 is 1.24 bits per heavy atom. The standard InChI is InChI=1S/C22H22Cl3N3O/c1-11-7-13(23)9-16(24)18(11)15-10-14(17(29)8-12-3-4-12)21-20(19(15)25)27-22-26-5-2-6-28(21)22/h7,9-10,12,17,29H,2-6,8H2,1H3,(H,26,27). The Bertz CT molecular complexity index is 1100. The molecule has 1 aromatic heterocycles. The first kappa shape index (κ1) is 19.5. The molecule has 1 atom stereocenters. The number of rotatable bonds is 4. The van der Waals surface area contributed by atoms with Crippen LogP contribution < -0.4 is 5.32 Å². The molecule has 1 saturated carbocycles. The highest BCUT2D eigenvalue weighted by atomic mass is 35.5. The lowest BCUT2D eigenvalue weighted by Gasteiger charge is -2.20. The second-order valence-corrected chi connectivity index (χ2v) is 9.39. The van der Waals surface area contributed by atoms with Crippen LogP contribution in [0.4, 0.5) is 5.95 Å². The first-order valence-corrected chi connectivity index (χ1v) is 11.2. The van der Waals surface area contributed by atoms with Crippen LogP contribution >= 0.6 is 34.8 Å². The SMILES string of the molecule is Cc1cc(Cl)cc(Cl)c1-c1cc(C(O)CC2CC2)c2c(nc3n2CCCN3)c1Cl. The largest absolute Gasteiger partial charge is 0.388 e. The minimum absolute atomic E-state index is 0.543. The van der Waals surface area contributed by atoms with E-state index in [0.29, 0.717) is 26.5 Å². The highest BCUT2D eigenvalue weighted by Crippen LogP contribution is 2.46. The van der Waals surface area contributed by atoms with Crippen LogP contribution in [-0.2, 0) is 6.54 Å². The van der Waals surface area contributed by atoms with E-state index in [2.05, 4.69) is 9.88 Å². The lowest BCUT2D eigenvalue weighted by atomic mass is 9.94.